The Morgan fingerprint density at radius 3 is 2.08 bits per heavy atom. The summed E-state index contributed by atoms with van der Waals surface area (Å²) in [5.74, 6) is -2.48. The van der Waals surface area contributed by atoms with E-state index in [2.05, 4.69) is 21.1 Å². The number of aliphatic hydroxyl groups excluding tert-OH is 1. The number of hydrogen-bond acceptors (Lipinski definition) is 6. The summed E-state index contributed by atoms with van der Waals surface area (Å²) in [7, 11) is 0. The fourth-order valence-corrected chi connectivity index (χ4v) is 1.76. The predicted octanol–water partition coefficient (Wildman–Crippen LogP) is -0.426. The average molecular weight is 363 g/mol. The minimum Gasteiger partial charge on any atom is -0.395 e. The maximum Gasteiger partial charge on any atom is 0.329 e. The fourth-order valence-electron chi connectivity index (χ4n) is 1.76. The van der Waals surface area contributed by atoms with Crippen molar-refractivity contribution in [2.24, 2.45) is 5.10 Å². The molecule has 0 atom stereocenters. The van der Waals surface area contributed by atoms with E-state index in [0.717, 1.165) is 0 Å². The van der Waals surface area contributed by atoms with Crippen LogP contribution in [0.1, 0.15) is 20.3 Å². The van der Waals surface area contributed by atoms with Gasteiger partial charge in [-0.25, -0.2) is 5.43 Å². The Labute approximate surface area is 150 Å². The van der Waals surface area contributed by atoms with E-state index >= 15 is 0 Å². The Hall–Kier alpha value is -3.27. The zero-order valence-corrected chi connectivity index (χ0v) is 14.5. The van der Waals surface area contributed by atoms with Crippen molar-refractivity contribution in [3.63, 3.8) is 0 Å². The van der Waals surface area contributed by atoms with E-state index in [9.17, 15) is 19.2 Å². The van der Waals surface area contributed by atoms with Gasteiger partial charge in [-0.15, -0.1) is 0 Å². The molecule has 26 heavy (non-hydrogen) atoms. The van der Waals surface area contributed by atoms with Crippen LogP contribution in [0.4, 0.5) is 11.4 Å². The van der Waals surface area contributed by atoms with Gasteiger partial charge in [0.25, 0.3) is 0 Å². The maximum atomic E-state index is 11.9. The van der Waals surface area contributed by atoms with Gasteiger partial charge in [-0.2, -0.15) is 5.10 Å². The highest BCUT2D eigenvalue weighted by Crippen LogP contribution is 2.13. The molecule has 4 amide bonds. The Kier molecular flexibility index (Phi) is 8.44. The van der Waals surface area contributed by atoms with Crippen LogP contribution in [0.2, 0.25) is 0 Å². The third kappa shape index (κ3) is 8.02. The Morgan fingerprint density at radius 2 is 1.54 bits per heavy atom. The molecule has 10 heteroatoms. The minimum absolute atomic E-state index is 0.0436. The van der Waals surface area contributed by atoms with Gasteiger partial charge in [0.1, 0.15) is 0 Å². The molecular weight excluding hydrogens is 342 g/mol. The fraction of sp³-hybridized carbons (Fsp3) is 0.312. The molecule has 1 aromatic carbocycles. The number of rotatable bonds is 7. The normalized spacial score (nSPS) is 10.7. The van der Waals surface area contributed by atoms with Crippen LogP contribution in [0.15, 0.2) is 29.4 Å². The molecule has 140 valence electrons. The molecule has 0 aliphatic heterocycles. The molecule has 0 aromatic heterocycles. The third-order valence-corrected chi connectivity index (χ3v) is 2.86. The second-order valence-corrected chi connectivity index (χ2v) is 5.25. The summed E-state index contributed by atoms with van der Waals surface area (Å²) in [5, 5.41) is 19.6. The molecule has 0 aliphatic rings. The molecule has 0 saturated heterocycles. The van der Waals surface area contributed by atoms with Gasteiger partial charge in [0.05, 0.1) is 13.0 Å². The number of nitrogens with zero attached hydrogens (tertiary/aromatic N) is 1. The van der Waals surface area contributed by atoms with Crippen molar-refractivity contribution in [1.82, 2.24) is 10.7 Å². The number of carbonyl (C=O) groups excluding carboxylic acids is 4. The van der Waals surface area contributed by atoms with Gasteiger partial charge >= 0.3 is 11.8 Å². The van der Waals surface area contributed by atoms with E-state index in [4.69, 9.17) is 5.11 Å². The maximum absolute atomic E-state index is 11.9. The van der Waals surface area contributed by atoms with Crippen molar-refractivity contribution in [1.29, 1.82) is 0 Å². The lowest BCUT2D eigenvalue weighted by molar-refractivity contribution is -0.139. The van der Waals surface area contributed by atoms with Gasteiger partial charge in [-0.3, -0.25) is 19.2 Å². The van der Waals surface area contributed by atoms with Crippen LogP contribution < -0.4 is 21.4 Å². The van der Waals surface area contributed by atoms with Crippen molar-refractivity contribution in [2.45, 2.75) is 20.3 Å². The van der Waals surface area contributed by atoms with Crippen LogP contribution in [0, 0.1) is 0 Å². The van der Waals surface area contributed by atoms with Gasteiger partial charge in [-0.1, -0.05) is 0 Å². The molecule has 0 radical (unpaired) electrons. The molecule has 5 N–H and O–H groups in total. The van der Waals surface area contributed by atoms with E-state index in [1.54, 1.807) is 24.3 Å². The number of hydrogen-bond donors (Lipinski definition) is 5. The zero-order valence-electron chi connectivity index (χ0n) is 14.5. The van der Waals surface area contributed by atoms with Crippen molar-refractivity contribution in [2.75, 3.05) is 23.8 Å². The monoisotopic (exact) mass is 363 g/mol. The summed E-state index contributed by atoms with van der Waals surface area (Å²) in [5.41, 5.74) is 3.45. The van der Waals surface area contributed by atoms with Crippen LogP contribution >= 0.6 is 0 Å². The first-order valence-corrected chi connectivity index (χ1v) is 7.71. The summed E-state index contributed by atoms with van der Waals surface area (Å²) >= 11 is 0. The number of aliphatic hydroxyl groups is 1. The SMILES string of the molecule is CC(=O)Nc1ccc(NC(=O)C/C(C)=N\NC(=O)C(=O)NCCO)cc1. The largest absolute Gasteiger partial charge is 0.395 e. The van der Waals surface area contributed by atoms with Crippen molar-refractivity contribution >= 4 is 40.7 Å². The smallest absolute Gasteiger partial charge is 0.329 e. The summed E-state index contributed by atoms with van der Waals surface area (Å²) in [6.45, 7) is 2.59. The molecule has 0 heterocycles. The van der Waals surface area contributed by atoms with Crippen LogP contribution in [-0.4, -0.2) is 47.6 Å². The average Bonchev–Trinajstić information content (AvgIpc) is 2.58. The van der Waals surface area contributed by atoms with Crippen LogP contribution in [0.3, 0.4) is 0 Å². The number of hydrazone groups is 1. The first-order valence-electron chi connectivity index (χ1n) is 7.71. The van der Waals surface area contributed by atoms with E-state index in [-0.39, 0.29) is 31.4 Å². The van der Waals surface area contributed by atoms with Gasteiger partial charge < -0.3 is 21.1 Å². The Bertz CT molecular complexity index is 699. The number of carbonyl (C=O) groups is 4. The topological polar surface area (TPSA) is 149 Å². The molecule has 1 rings (SSSR count). The Balaban J connectivity index is 2.47. The quantitative estimate of drug-likeness (QED) is 0.253. The zero-order chi connectivity index (χ0) is 19.5. The summed E-state index contributed by atoms with van der Waals surface area (Å²) in [6.07, 6.45) is -0.0913. The van der Waals surface area contributed by atoms with Crippen molar-refractivity contribution < 1.29 is 24.3 Å². The van der Waals surface area contributed by atoms with Crippen molar-refractivity contribution in [3.05, 3.63) is 24.3 Å². The van der Waals surface area contributed by atoms with E-state index in [1.165, 1.54) is 13.8 Å². The third-order valence-electron chi connectivity index (χ3n) is 2.86. The predicted molar refractivity (Wildman–Crippen MR) is 95.3 cm³/mol. The minimum atomic E-state index is -0.994. The highest BCUT2D eigenvalue weighted by Gasteiger charge is 2.12. The second kappa shape index (κ2) is 10.6. The number of benzene rings is 1. The second-order valence-electron chi connectivity index (χ2n) is 5.25. The summed E-state index contributed by atoms with van der Waals surface area (Å²) < 4.78 is 0. The summed E-state index contributed by atoms with van der Waals surface area (Å²) in [6, 6.07) is 6.54. The van der Waals surface area contributed by atoms with Crippen LogP contribution in [-0.2, 0) is 19.2 Å². The van der Waals surface area contributed by atoms with E-state index < -0.39 is 11.8 Å². The standard InChI is InChI=1S/C16H21N5O5/c1-10(20-21-16(26)15(25)17-7-8-22)9-14(24)19-13-5-3-12(4-6-13)18-11(2)23/h3-6,22H,7-9H2,1-2H3,(H,17,25)(H,18,23)(H,19,24)(H,21,26)/b20-10-. The lowest BCUT2D eigenvalue weighted by atomic mass is 10.2. The van der Waals surface area contributed by atoms with Gasteiger partial charge in [0.15, 0.2) is 0 Å². The summed E-state index contributed by atoms with van der Waals surface area (Å²) in [4.78, 5) is 45.5. The first kappa shape index (κ1) is 20.8. The molecule has 10 nitrogen and oxygen atoms in total. The molecule has 0 unspecified atom stereocenters. The molecule has 0 bridgehead atoms. The number of nitrogens with one attached hydrogen (secondary N) is 4. The first-order chi connectivity index (χ1) is 12.3. The van der Waals surface area contributed by atoms with Crippen LogP contribution in [0.25, 0.3) is 0 Å². The Morgan fingerprint density at radius 1 is 0.962 bits per heavy atom. The highest BCUT2D eigenvalue weighted by atomic mass is 16.3. The molecule has 0 saturated carbocycles. The van der Waals surface area contributed by atoms with E-state index in [0.29, 0.717) is 17.1 Å². The van der Waals surface area contributed by atoms with E-state index in [1.807, 2.05) is 5.43 Å². The molecule has 0 fully saturated rings. The number of amides is 4. The lowest BCUT2D eigenvalue weighted by Gasteiger charge is -2.07. The molecule has 0 aliphatic carbocycles. The molecular formula is C16H21N5O5. The highest BCUT2D eigenvalue weighted by molar-refractivity contribution is 6.35. The van der Waals surface area contributed by atoms with Gasteiger partial charge in [0.2, 0.25) is 11.8 Å². The molecule has 1 aromatic rings. The lowest BCUT2D eigenvalue weighted by Crippen LogP contribution is -2.39. The van der Waals surface area contributed by atoms with Gasteiger partial charge in [-0.05, 0) is 31.2 Å². The van der Waals surface area contributed by atoms with Gasteiger partial charge in [0, 0.05) is 30.6 Å². The van der Waals surface area contributed by atoms with Crippen LogP contribution in [0.5, 0.6) is 0 Å². The molecule has 0 spiro atoms. The van der Waals surface area contributed by atoms with Crippen molar-refractivity contribution in [3.8, 4) is 0 Å². The number of anilines is 2.